The molecule has 9 heteroatoms. The smallest absolute Gasteiger partial charge is 0.338 e. The molecule has 0 aromatic heterocycles. The van der Waals surface area contributed by atoms with Crippen LogP contribution in [0.2, 0.25) is 0 Å². The largest absolute Gasteiger partial charge is 0.452 e. The lowest BCUT2D eigenvalue weighted by Gasteiger charge is -2.08. The molecule has 3 N–H and O–H groups in total. The number of nitrogens with one attached hydrogen (secondary N) is 1. The van der Waals surface area contributed by atoms with Gasteiger partial charge in [0.15, 0.2) is 6.61 Å². The van der Waals surface area contributed by atoms with Crippen LogP contribution in [0.15, 0.2) is 42.5 Å². The minimum atomic E-state index is -0.709. The third-order valence-corrected chi connectivity index (χ3v) is 3.09. The Kier molecular flexibility index (Phi) is 5.27. The van der Waals surface area contributed by atoms with Crippen LogP contribution in [0.4, 0.5) is 17.1 Å². The molecule has 2 aromatic rings. The Bertz CT molecular complexity index is 871. The standard InChI is InChI=1S/C16H12N4O5/c17-8-11-7-13(20(23)24)5-6-14(11)19-15(21)9-25-16(22)10-1-3-12(18)4-2-10/h1-7H,9,18H2,(H,19,21). The quantitative estimate of drug-likeness (QED) is 0.365. The second-order valence-corrected chi connectivity index (χ2v) is 4.85. The Hall–Kier alpha value is -3.93. The number of carbonyl (C=O) groups is 2. The van der Waals surface area contributed by atoms with Gasteiger partial charge in [-0.3, -0.25) is 14.9 Å². The molecule has 25 heavy (non-hydrogen) atoms. The molecular weight excluding hydrogens is 328 g/mol. The molecule has 0 aliphatic heterocycles. The second kappa shape index (κ2) is 7.56. The number of rotatable bonds is 5. The summed E-state index contributed by atoms with van der Waals surface area (Å²) in [5, 5.41) is 22.0. The van der Waals surface area contributed by atoms with Crippen molar-refractivity contribution in [2.24, 2.45) is 0 Å². The zero-order valence-electron chi connectivity index (χ0n) is 12.8. The van der Waals surface area contributed by atoms with Gasteiger partial charge < -0.3 is 15.8 Å². The Balaban J connectivity index is 1.98. The second-order valence-electron chi connectivity index (χ2n) is 4.85. The molecule has 0 heterocycles. The summed E-state index contributed by atoms with van der Waals surface area (Å²) in [5.74, 6) is -1.39. The topological polar surface area (TPSA) is 148 Å². The fraction of sp³-hybridized carbons (Fsp3) is 0.0625. The number of nitrogens with zero attached hydrogens (tertiary/aromatic N) is 2. The molecule has 0 aliphatic carbocycles. The fourth-order valence-electron chi connectivity index (χ4n) is 1.87. The van der Waals surface area contributed by atoms with E-state index in [9.17, 15) is 19.7 Å². The summed E-state index contributed by atoms with van der Waals surface area (Å²) >= 11 is 0. The number of hydrogen-bond acceptors (Lipinski definition) is 7. The molecule has 0 aliphatic rings. The van der Waals surface area contributed by atoms with Crippen molar-refractivity contribution in [3.63, 3.8) is 0 Å². The van der Waals surface area contributed by atoms with Crippen molar-refractivity contribution < 1.29 is 19.2 Å². The van der Waals surface area contributed by atoms with Gasteiger partial charge in [-0.15, -0.1) is 0 Å². The highest BCUT2D eigenvalue weighted by Gasteiger charge is 2.14. The van der Waals surface area contributed by atoms with Crippen molar-refractivity contribution >= 4 is 28.9 Å². The van der Waals surface area contributed by atoms with Crippen molar-refractivity contribution in [1.82, 2.24) is 0 Å². The first-order valence-corrected chi connectivity index (χ1v) is 6.92. The number of nitro benzene ring substituents is 1. The van der Waals surface area contributed by atoms with Gasteiger partial charge in [0, 0.05) is 17.8 Å². The van der Waals surface area contributed by atoms with Crippen LogP contribution in [-0.4, -0.2) is 23.4 Å². The molecule has 0 saturated carbocycles. The highest BCUT2D eigenvalue weighted by molar-refractivity contribution is 5.96. The number of ether oxygens (including phenoxy) is 1. The summed E-state index contributed by atoms with van der Waals surface area (Å²) < 4.78 is 4.85. The average Bonchev–Trinajstić information content (AvgIpc) is 2.60. The predicted octanol–water partition coefficient (Wildman–Crippen LogP) is 1.84. The van der Waals surface area contributed by atoms with Crippen molar-refractivity contribution in [2.45, 2.75) is 0 Å². The average molecular weight is 340 g/mol. The van der Waals surface area contributed by atoms with Gasteiger partial charge in [0.05, 0.1) is 21.7 Å². The molecule has 0 saturated heterocycles. The summed E-state index contributed by atoms with van der Waals surface area (Å²) in [6.07, 6.45) is 0. The molecule has 1 amide bonds. The van der Waals surface area contributed by atoms with Crippen LogP contribution in [0.5, 0.6) is 0 Å². The highest BCUT2D eigenvalue weighted by atomic mass is 16.6. The zero-order chi connectivity index (χ0) is 18.4. The van der Waals surface area contributed by atoms with Gasteiger partial charge in [-0.1, -0.05) is 0 Å². The summed E-state index contributed by atoms with van der Waals surface area (Å²) in [6, 6.07) is 11.1. The molecule has 126 valence electrons. The van der Waals surface area contributed by atoms with Crippen molar-refractivity contribution in [3.05, 3.63) is 63.7 Å². The van der Waals surface area contributed by atoms with E-state index in [4.69, 9.17) is 15.7 Å². The maximum atomic E-state index is 11.8. The third kappa shape index (κ3) is 4.52. The van der Waals surface area contributed by atoms with E-state index < -0.39 is 23.4 Å². The number of benzene rings is 2. The van der Waals surface area contributed by atoms with Crippen LogP contribution in [0.3, 0.4) is 0 Å². The number of nitrogen functional groups attached to an aromatic ring is 1. The molecule has 0 unspecified atom stereocenters. The first-order valence-electron chi connectivity index (χ1n) is 6.92. The van der Waals surface area contributed by atoms with Crippen molar-refractivity contribution in [3.8, 4) is 6.07 Å². The predicted molar refractivity (Wildman–Crippen MR) is 87.6 cm³/mol. The maximum absolute atomic E-state index is 11.8. The lowest BCUT2D eigenvalue weighted by Crippen LogP contribution is -2.21. The molecule has 0 fully saturated rings. The van der Waals surface area contributed by atoms with Gasteiger partial charge in [0.1, 0.15) is 6.07 Å². The van der Waals surface area contributed by atoms with Gasteiger partial charge in [0.2, 0.25) is 0 Å². The summed E-state index contributed by atoms with van der Waals surface area (Å²) in [6.45, 7) is -0.578. The van der Waals surface area contributed by atoms with Crippen LogP contribution in [0.25, 0.3) is 0 Å². The first kappa shape index (κ1) is 17.4. The lowest BCUT2D eigenvalue weighted by molar-refractivity contribution is -0.384. The zero-order valence-corrected chi connectivity index (χ0v) is 12.8. The molecule has 0 atom stereocenters. The molecule has 0 spiro atoms. The summed E-state index contributed by atoms with van der Waals surface area (Å²) in [7, 11) is 0. The molecule has 2 rings (SSSR count). The fourth-order valence-corrected chi connectivity index (χ4v) is 1.87. The summed E-state index contributed by atoms with van der Waals surface area (Å²) in [5.41, 5.74) is 5.96. The van der Waals surface area contributed by atoms with E-state index in [2.05, 4.69) is 5.32 Å². The van der Waals surface area contributed by atoms with Crippen LogP contribution in [0.1, 0.15) is 15.9 Å². The molecule has 2 aromatic carbocycles. The number of nitrogens with two attached hydrogens (primary N) is 1. The van der Waals surface area contributed by atoms with Crippen molar-refractivity contribution in [2.75, 3.05) is 17.7 Å². The number of nitro groups is 1. The number of nitriles is 1. The Labute approximate surface area is 141 Å². The SMILES string of the molecule is N#Cc1cc([N+](=O)[O-])ccc1NC(=O)COC(=O)c1ccc(N)cc1. The number of non-ortho nitro benzene ring substituents is 1. The Morgan fingerprint density at radius 3 is 2.52 bits per heavy atom. The normalized spacial score (nSPS) is 9.72. The molecule has 9 nitrogen and oxygen atoms in total. The minimum absolute atomic E-state index is 0.0765. The van der Waals surface area contributed by atoms with Crippen LogP contribution in [0, 0.1) is 21.4 Å². The van der Waals surface area contributed by atoms with Crippen molar-refractivity contribution in [1.29, 1.82) is 5.26 Å². The number of anilines is 2. The van der Waals surface area contributed by atoms with E-state index in [0.717, 1.165) is 12.1 Å². The van der Waals surface area contributed by atoms with Gasteiger partial charge in [-0.2, -0.15) is 5.26 Å². The number of esters is 1. The summed E-state index contributed by atoms with van der Waals surface area (Å²) in [4.78, 5) is 33.7. The van der Waals surface area contributed by atoms with E-state index in [1.807, 2.05) is 0 Å². The monoisotopic (exact) mass is 340 g/mol. The van der Waals surface area contributed by atoms with E-state index in [1.165, 1.54) is 30.3 Å². The van der Waals surface area contributed by atoms with Gasteiger partial charge in [0.25, 0.3) is 11.6 Å². The lowest BCUT2D eigenvalue weighted by atomic mass is 10.1. The highest BCUT2D eigenvalue weighted by Crippen LogP contribution is 2.21. The molecule has 0 radical (unpaired) electrons. The van der Waals surface area contributed by atoms with Gasteiger partial charge >= 0.3 is 5.97 Å². The maximum Gasteiger partial charge on any atom is 0.338 e. The van der Waals surface area contributed by atoms with E-state index in [1.54, 1.807) is 6.07 Å². The van der Waals surface area contributed by atoms with E-state index in [-0.39, 0.29) is 22.5 Å². The van der Waals surface area contributed by atoms with Crippen LogP contribution >= 0.6 is 0 Å². The number of hydrogen-bond donors (Lipinski definition) is 2. The molecule has 0 bridgehead atoms. The van der Waals surface area contributed by atoms with Gasteiger partial charge in [-0.05, 0) is 30.3 Å². The third-order valence-electron chi connectivity index (χ3n) is 3.09. The van der Waals surface area contributed by atoms with E-state index in [0.29, 0.717) is 5.69 Å². The van der Waals surface area contributed by atoms with Crippen LogP contribution < -0.4 is 11.1 Å². The van der Waals surface area contributed by atoms with Gasteiger partial charge in [-0.25, -0.2) is 4.79 Å². The van der Waals surface area contributed by atoms with Crippen LogP contribution in [-0.2, 0) is 9.53 Å². The number of amides is 1. The minimum Gasteiger partial charge on any atom is -0.452 e. The van der Waals surface area contributed by atoms with E-state index >= 15 is 0 Å². The Morgan fingerprint density at radius 2 is 1.92 bits per heavy atom. The first-order chi connectivity index (χ1) is 11.9. The Morgan fingerprint density at radius 1 is 1.24 bits per heavy atom. The molecular formula is C16H12N4O5. The number of carbonyl (C=O) groups excluding carboxylic acids is 2.